The molecule has 1 unspecified atom stereocenters. The van der Waals surface area contributed by atoms with Crippen LogP contribution in [0.4, 0.5) is 0 Å². The van der Waals surface area contributed by atoms with E-state index in [9.17, 15) is 5.26 Å². The van der Waals surface area contributed by atoms with Crippen LogP contribution in [-0.4, -0.2) is 20.3 Å². The van der Waals surface area contributed by atoms with Crippen LogP contribution in [0.3, 0.4) is 0 Å². The summed E-state index contributed by atoms with van der Waals surface area (Å²) in [6.45, 7) is 0. The van der Waals surface area contributed by atoms with E-state index in [-0.39, 0.29) is 6.04 Å². The summed E-state index contributed by atoms with van der Waals surface area (Å²) in [4.78, 5) is 0. The molecule has 1 N–H and O–H groups in total. The first kappa shape index (κ1) is 14.7. The highest BCUT2D eigenvalue weighted by molar-refractivity contribution is 5.44. The molecule has 1 aliphatic rings. The van der Waals surface area contributed by atoms with Crippen molar-refractivity contribution in [2.45, 2.75) is 44.2 Å². The number of hydrogen-bond acceptors (Lipinski definition) is 4. The number of nitrogens with one attached hydrogen (secondary N) is 1. The Morgan fingerprint density at radius 2 is 1.95 bits per heavy atom. The predicted octanol–water partition coefficient (Wildman–Crippen LogP) is 3.19. The van der Waals surface area contributed by atoms with E-state index in [1.807, 2.05) is 18.2 Å². The molecular formula is C16H22N2O2. The fourth-order valence-electron chi connectivity index (χ4n) is 2.77. The van der Waals surface area contributed by atoms with Gasteiger partial charge in [0.2, 0.25) is 0 Å². The van der Waals surface area contributed by atoms with E-state index < -0.39 is 0 Å². The second-order valence-corrected chi connectivity index (χ2v) is 5.17. The van der Waals surface area contributed by atoms with E-state index in [0.717, 1.165) is 29.9 Å². The summed E-state index contributed by atoms with van der Waals surface area (Å²) >= 11 is 0. The van der Waals surface area contributed by atoms with Crippen molar-refractivity contribution in [1.82, 2.24) is 5.32 Å². The molecule has 0 radical (unpaired) electrons. The van der Waals surface area contributed by atoms with Gasteiger partial charge in [0.1, 0.15) is 17.5 Å². The number of nitriles is 1. The summed E-state index contributed by atoms with van der Waals surface area (Å²) < 4.78 is 10.6. The van der Waals surface area contributed by atoms with Crippen molar-refractivity contribution in [3.63, 3.8) is 0 Å². The standard InChI is InChI=1S/C16H22N2O2/c1-19-13-8-9-16(20-2)14(10-13)15(11-17)18-12-6-4-3-5-7-12/h8-10,12,15,18H,3-7H2,1-2H3. The Kier molecular flexibility index (Phi) is 5.25. The fraction of sp³-hybridized carbons (Fsp3) is 0.562. The van der Waals surface area contributed by atoms with Crippen molar-refractivity contribution < 1.29 is 9.47 Å². The van der Waals surface area contributed by atoms with Crippen LogP contribution in [0.5, 0.6) is 11.5 Å². The molecule has 2 rings (SSSR count). The zero-order valence-electron chi connectivity index (χ0n) is 12.2. The van der Waals surface area contributed by atoms with Crippen LogP contribution in [0, 0.1) is 11.3 Å². The second kappa shape index (κ2) is 7.16. The van der Waals surface area contributed by atoms with E-state index in [0.29, 0.717) is 6.04 Å². The molecule has 1 fully saturated rings. The molecule has 0 amide bonds. The molecule has 4 heteroatoms. The molecule has 0 aromatic heterocycles. The molecule has 0 aliphatic heterocycles. The number of rotatable bonds is 5. The second-order valence-electron chi connectivity index (χ2n) is 5.17. The average molecular weight is 274 g/mol. The molecule has 0 bridgehead atoms. The number of hydrogen-bond donors (Lipinski definition) is 1. The monoisotopic (exact) mass is 274 g/mol. The summed E-state index contributed by atoms with van der Waals surface area (Å²) in [5.41, 5.74) is 0.847. The SMILES string of the molecule is COc1ccc(OC)c(C(C#N)NC2CCCCC2)c1. The van der Waals surface area contributed by atoms with Gasteiger partial charge >= 0.3 is 0 Å². The lowest BCUT2D eigenvalue weighted by molar-refractivity contribution is 0.350. The van der Waals surface area contributed by atoms with Gasteiger partial charge in [-0.25, -0.2) is 0 Å². The van der Waals surface area contributed by atoms with Gasteiger partial charge in [-0.15, -0.1) is 0 Å². The van der Waals surface area contributed by atoms with E-state index >= 15 is 0 Å². The van der Waals surface area contributed by atoms with Crippen LogP contribution in [-0.2, 0) is 0 Å². The summed E-state index contributed by atoms with van der Waals surface area (Å²) in [6.07, 6.45) is 6.07. The first-order chi connectivity index (χ1) is 9.78. The minimum absolute atomic E-state index is 0.358. The molecule has 1 atom stereocenters. The van der Waals surface area contributed by atoms with Gasteiger partial charge < -0.3 is 9.47 Å². The Morgan fingerprint density at radius 1 is 1.20 bits per heavy atom. The summed E-state index contributed by atoms with van der Waals surface area (Å²) in [6, 6.07) is 7.98. The minimum Gasteiger partial charge on any atom is -0.497 e. The summed E-state index contributed by atoms with van der Waals surface area (Å²) in [7, 11) is 3.25. The highest BCUT2D eigenvalue weighted by Crippen LogP contribution is 2.30. The molecular weight excluding hydrogens is 252 g/mol. The molecule has 4 nitrogen and oxygen atoms in total. The first-order valence-corrected chi connectivity index (χ1v) is 7.16. The van der Waals surface area contributed by atoms with Crippen molar-refractivity contribution in [3.05, 3.63) is 23.8 Å². The Labute approximate surface area is 120 Å². The van der Waals surface area contributed by atoms with Gasteiger partial charge in [-0.2, -0.15) is 5.26 Å². The van der Waals surface area contributed by atoms with Crippen molar-refractivity contribution in [3.8, 4) is 17.6 Å². The predicted molar refractivity (Wildman–Crippen MR) is 77.9 cm³/mol. The number of ether oxygens (including phenoxy) is 2. The third kappa shape index (κ3) is 3.43. The van der Waals surface area contributed by atoms with Crippen molar-refractivity contribution in [2.75, 3.05) is 14.2 Å². The highest BCUT2D eigenvalue weighted by Gasteiger charge is 2.21. The fourth-order valence-corrected chi connectivity index (χ4v) is 2.77. The maximum absolute atomic E-state index is 9.48. The lowest BCUT2D eigenvalue weighted by atomic mass is 9.94. The molecule has 1 aliphatic carbocycles. The molecule has 0 spiro atoms. The molecule has 0 saturated heterocycles. The van der Waals surface area contributed by atoms with Crippen LogP contribution in [0.15, 0.2) is 18.2 Å². The van der Waals surface area contributed by atoms with Crippen LogP contribution >= 0.6 is 0 Å². The van der Waals surface area contributed by atoms with Crippen LogP contribution in [0.25, 0.3) is 0 Å². The maximum Gasteiger partial charge on any atom is 0.125 e. The summed E-state index contributed by atoms with van der Waals surface area (Å²) in [5.74, 6) is 1.46. The smallest absolute Gasteiger partial charge is 0.125 e. The van der Waals surface area contributed by atoms with Gasteiger partial charge in [0, 0.05) is 11.6 Å². The highest BCUT2D eigenvalue weighted by atomic mass is 16.5. The minimum atomic E-state index is -0.358. The topological polar surface area (TPSA) is 54.3 Å². The normalized spacial score (nSPS) is 17.2. The zero-order chi connectivity index (χ0) is 14.4. The average Bonchev–Trinajstić information content (AvgIpc) is 2.53. The Bertz CT molecular complexity index is 476. The number of benzene rings is 1. The Balaban J connectivity index is 2.19. The van der Waals surface area contributed by atoms with Gasteiger partial charge in [-0.3, -0.25) is 5.32 Å². The molecule has 1 aromatic carbocycles. The van der Waals surface area contributed by atoms with Crippen LogP contribution in [0.1, 0.15) is 43.7 Å². The molecule has 0 heterocycles. The molecule has 1 aromatic rings. The quantitative estimate of drug-likeness (QED) is 0.896. The van der Waals surface area contributed by atoms with Gasteiger partial charge in [0.25, 0.3) is 0 Å². The van der Waals surface area contributed by atoms with E-state index in [1.54, 1.807) is 14.2 Å². The van der Waals surface area contributed by atoms with Crippen LogP contribution in [0.2, 0.25) is 0 Å². The van der Waals surface area contributed by atoms with Gasteiger partial charge in [-0.05, 0) is 31.0 Å². The van der Waals surface area contributed by atoms with Crippen molar-refractivity contribution in [2.24, 2.45) is 0 Å². The molecule has 1 saturated carbocycles. The van der Waals surface area contributed by atoms with Gasteiger partial charge in [-0.1, -0.05) is 19.3 Å². The third-order valence-corrected chi connectivity index (χ3v) is 3.88. The van der Waals surface area contributed by atoms with Gasteiger partial charge in [0.05, 0.1) is 20.3 Å². The molecule has 20 heavy (non-hydrogen) atoms. The zero-order valence-corrected chi connectivity index (χ0v) is 12.2. The largest absolute Gasteiger partial charge is 0.497 e. The third-order valence-electron chi connectivity index (χ3n) is 3.88. The van der Waals surface area contributed by atoms with Crippen molar-refractivity contribution in [1.29, 1.82) is 5.26 Å². The Hall–Kier alpha value is -1.73. The number of methoxy groups -OCH3 is 2. The number of nitrogens with zero attached hydrogens (tertiary/aromatic N) is 1. The maximum atomic E-state index is 9.48. The lowest BCUT2D eigenvalue weighted by Crippen LogP contribution is -2.34. The molecule has 108 valence electrons. The van der Waals surface area contributed by atoms with Crippen molar-refractivity contribution >= 4 is 0 Å². The van der Waals surface area contributed by atoms with E-state index in [2.05, 4.69) is 11.4 Å². The first-order valence-electron chi connectivity index (χ1n) is 7.16. The van der Waals surface area contributed by atoms with E-state index in [4.69, 9.17) is 9.47 Å². The lowest BCUT2D eigenvalue weighted by Gasteiger charge is -2.26. The van der Waals surface area contributed by atoms with Gasteiger partial charge in [0.15, 0.2) is 0 Å². The summed E-state index contributed by atoms with van der Waals surface area (Å²) in [5, 5.41) is 12.9. The van der Waals surface area contributed by atoms with E-state index in [1.165, 1.54) is 19.3 Å². The Morgan fingerprint density at radius 3 is 2.55 bits per heavy atom. The van der Waals surface area contributed by atoms with Crippen LogP contribution < -0.4 is 14.8 Å².